The maximum atomic E-state index is 11.0. The summed E-state index contributed by atoms with van der Waals surface area (Å²) in [5.74, 6) is 2.53. The molecule has 5 rings (SSSR count). The number of nitrogens with zero attached hydrogens (tertiary/aromatic N) is 1. The van der Waals surface area contributed by atoms with Crippen molar-refractivity contribution in [2.45, 2.75) is 96.4 Å². The Balaban J connectivity index is 1.77. The predicted molar refractivity (Wildman–Crippen MR) is 116 cm³/mol. The second-order valence-electron chi connectivity index (χ2n) is 12.0. The number of rotatable bonds is 2. The van der Waals surface area contributed by atoms with E-state index in [0.29, 0.717) is 5.56 Å². The standard InChI is InChI=1S/C25H37NO2/c1-23(2,3)19-10-20(24(4,5)6)22(28)21(27)18(19)14-26-25-11-15-7-16(12-25)9-17(8-15)13-25/h10,14-17,27-28H,7-9,11-13H2,1-6H3. The number of hydrogen-bond acceptors (Lipinski definition) is 3. The second-order valence-corrected chi connectivity index (χ2v) is 12.0. The van der Waals surface area contributed by atoms with E-state index >= 15 is 0 Å². The molecule has 4 saturated carbocycles. The molecule has 0 radical (unpaired) electrons. The normalized spacial score (nSPS) is 32.4. The van der Waals surface area contributed by atoms with Crippen molar-refractivity contribution in [1.82, 2.24) is 0 Å². The topological polar surface area (TPSA) is 52.8 Å². The van der Waals surface area contributed by atoms with Crippen LogP contribution in [-0.4, -0.2) is 22.0 Å². The van der Waals surface area contributed by atoms with Crippen LogP contribution >= 0.6 is 0 Å². The fourth-order valence-corrected chi connectivity index (χ4v) is 6.42. The van der Waals surface area contributed by atoms with Gasteiger partial charge in [-0.05, 0) is 72.7 Å². The molecule has 0 unspecified atom stereocenters. The molecule has 4 aliphatic rings. The van der Waals surface area contributed by atoms with E-state index in [-0.39, 0.29) is 27.9 Å². The SMILES string of the molecule is CC(C)(C)c1cc(C(C)(C)C)c(C=NC23CC4CC(CC(C4)C2)C3)c(O)c1O. The first kappa shape index (κ1) is 19.8. The molecule has 28 heavy (non-hydrogen) atoms. The highest BCUT2D eigenvalue weighted by molar-refractivity contribution is 5.88. The fourth-order valence-electron chi connectivity index (χ4n) is 6.42. The summed E-state index contributed by atoms with van der Waals surface area (Å²) >= 11 is 0. The third kappa shape index (κ3) is 3.35. The molecule has 0 heterocycles. The van der Waals surface area contributed by atoms with Crippen LogP contribution in [0.25, 0.3) is 0 Å². The molecule has 154 valence electrons. The van der Waals surface area contributed by atoms with Crippen LogP contribution in [0.2, 0.25) is 0 Å². The minimum absolute atomic E-state index is 0.00691. The van der Waals surface area contributed by atoms with E-state index < -0.39 is 0 Å². The van der Waals surface area contributed by atoms with E-state index in [4.69, 9.17) is 4.99 Å². The third-order valence-corrected chi connectivity index (χ3v) is 7.40. The molecule has 3 heteroatoms. The molecule has 0 aromatic heterocycles. The molecule has 4 aliphatic carbocycles. The predicted octanol–water partition coefficient (Wildman–Crippen LogP) is 6.08. The minimum atomic E-state index is -0.239. The Morgan fingerprint density at radius 3 is 1.71 bits per heavy atom. The molecule has 3 nitrogen and oxygen atoms in total. The fraction of sp³-hybridized carbons (Fsp3) is 0.720. The first-order valence-corrected chi connectivity index (χ1v) is 11.0. The van der Waals surface area contributed by atoms with Gasteiger partial charge in [-0.15, -0.1) is 0 Å². The van der Waals surface area contributed by atoms with Gasteiger partial charge < -0.3 is 10.2 Å². The number of benzene rings is 1. The number of phenols is 2. The van der Waals surface area contributed by atoms with Gasteiger partial charge in [-0.3, -0.25) is 4.99 Å². The van der Waals surface area contributed by atoms with Gasteiger partial charge in [0.25, 0.3) is 0 Å². The summed E-state index contributed by atoms with van der Waals surface area (Å²) in [6.07, 6.45) is 9.69. The summed E-state index contributed by atoms with van der Waals surface area (Å²) in [7, 11) is 0. The number of aliphatic imine (C=N–C) groups is 1. The van der Waals surface area contributed by atoms with E-state index in [0.717, 1.165) is 28.9 Å². The van der Waals surface area contributed by atoms with Gasteiger partial charge in [-0.25, -0.2) is 0 Å². The molecule has 2 N–H and O–H groups in total. The lowest BCUT2D eigenvalue weighted by molar-refractivity contribution is 0.00194. The molecule has 0 atom stereocenters. The van der Waals surface area contributed by atoms with E-state index in [1.54, 1.807) is 0 Å². The monoisotopic (exact) mass is 383 g/mol. The molecule has 1 aromatic rings. The Morgan fingerprint density at radius 1 is 0.821 bits per heavy atom. The highest BCUT2D eigenvalue weighted by Crippen LogP contribution is 2.57. The maximum Gasteiger partial charge on any atom is 0.166 e. The first-order valence-electron chi connectivity index (χ1n) is 11.0. The lowest BCUT2D eigenvalue weighted by Gasteiger charge is -2.55. The van der Waals surface area contributed by atoms with E-state index in [1.165, 1.54) is 38.5 Å². The summed E-state index contributed by atoms with van der Waals surface area (Å²) in [5.41, 5.74) is 2.23. The van der Waals surface area contributed by atoms with E-state index in [9.17, 15) is 10.2 Å². The van der Waals surface area contributed by atoms with Crippen LogP contribution in [0.1, 0.15) is 96.8 Å². The van der Waals surface area contributed by atoms with E-state index in [1.807, 2.05) is 6.21 Å². The smallest absolute Gasteiger partial charge is 0.166 e. The Morgan fingerprint density at radius 2 is 1.29 bits per heavy atom. The van der Waals surface area contributed by atoms with Crippen LogP contribution in [0.3, 0.4) is 0 Å². The Hall–Kier alpha value is -1.51. The van der Waals surface area contributed by atoms with Gasteiger partial charge >= 0.3 is 0 Å². The quantitative estimate of drug-likeness (QED) is 0.480. The highest BCUT2D eigenvalue weighted by Gasteiger charge is 2.50. The summed E-state index contributed by atoms with van der Waals surface area (Å²) in [4.78, 5) is 5.16. The van der Waals surface area contributed by atoms with Crippen LogP contribution in [0, 0.1) is 17.8 Å². The number of phenolic OH excluding ortho intramolecular Hbond substituents is 2. The van der Waals surface area contributed by atoms with Gasteiger partial charge in [0.05, 0.1) is 5.54 Å². The zero-order valence-corrected chi connectivity index (χ0v) is 18.5. The van der Waals surface area contributed by atoms with Crippen molar-refractivity contribution in [3.8, 4) is 11.5 Å². The van der Waals surface area contributed by atoms with Crippen LogP contribution in [-0.2, 0) is 10.8 Å². The number of aromatic hydroxyl groups is 2. The average Bonchev–Trinajstić information content (AvgIpc) is 2.52. The highest BCUT2D eigenvalue weighted by atomic mass is 16.3. The molecule has 4 fully saturated rings. The summed E-state index contributed by atoms with van der Waals surface area (Å²) in [6, 6.07) is 2.08. The van der Waals surface area contributed by atoms with Crippen LogP contribution in [0.4, 0.5) is 0 Å². The molecular formula is C25H37NO2. The van der Waals surface area contributed by atoms with Gasteiger partial charge in [0, 0.05) is 17.3 Å². The van der Waals surface area contributed by atoms with Gasteiger partial charge in [-0.1, -0.05) is 47.6 Å². The molecule has 0 spiro atoms. The van der Waals surface area contributed by atoms with Crippen molar-refractivity contribution >= 4 is 6.21 Å². The Bertz CT molecular complexity index is 772. The van der Waals surface area contributed by atoms with Crippen molar-refractivity contribution in [2.24, 2.45) is 22.7 Å². The minimum Gasteiger partial charge on any atom is -0.504 e. The van der Waals surface area contributed by atoms with Crippen molar-refractivity contribution in [1.29, 1.82) is 0 Å². The summed E-state index contributed by atoms with van der Waals surface area (Å²) in [6.45, 7) is 12.7. The molecule has 0 amide bonds. The molecule has 0 aliphatic heterocycles. The Labute approximate surface area is 170 Å². The summed E-state index contributed by atoms with van der Waals surface area (Å²) < 4.78 is 0. The first-order chi connectivity index (χ1) is 12.9. The molecule has 0 saturated heterocycles. The Kier molecular flexibility index (Phi) is 4.41. The van der Waals surface area contributed by atoms with Gasteiger partial charge in [0.15, 0.2) is 11.5 Å². The van der Waals surface area contributed by atoms with Crippen molar-refractivity contribution in [3.63, 3.8) is 0 Å². The zero-order valence-electron chi connectivity index (χ0n) is 18.5. The van der Waals surface area contributed by atoms with Crippen molar-refractivity contribution in [3.05, 3.63) is 22.8 Å². The van der Waals surface area contributed by atoms with Gasteiger partial charge in [-0.2, -0.15) is 0 Å². The third-order valence-electron chi connectivity index (χ3n) is 7.40. The van der Waals surface area contributed by atoms with Crippen molar-refractivity contribution in [2.75, 3.05) is 0 Å². The van der Waals surface area contributed by atoms with Gasteiger partial charge in [0.2, 0.25) is 0 Å². The van der Waals surface area contributed by atoms with Crippen LogP contribution in [0.5, 0.6) is 11.5 Å². The number of hydrogen-bond donors (Lipinski definition) is 2. The average molecular weight is 384 g/mol. The lowest BCUT2D eigenvalue weighted by Crippen LogP contribution is -2.49. The van der Waals surface area contributed by atoms with E-state index in [2.05, 4.69) is 47.6 Å². The largest absolute Gasteiger partial charge is 0.504 e. The molecular weight excluding hydrogens is 346 g/mol. The van der Waals surface area contributed by atoms with Crippen LogP contribution < -0.4 is 0 Å². The molecule has 4 bridgehead atoms. The lowest BCUT2D eigenvalue weighted by atomic mass is 9.53. The molecule has 1 aromatic carbocycles. The maximum absolute atomic E-state index is 11.0. The zero-order chi connectivity index (χ0) is 20.5. The summed E-state index contributed by atoms with van der Waals surface area (Å²) in [5, 5.41) is 21.7. The van der Waals surface area contributed by atoms with Gasteiger partial charge in [0.1, 0.15) is 0 Å². The van der Waals surface area contributed by atoms with Crippen LogP contribution in [0.15, 0.2) is 11.1 Å². The van der Waals surface area contributed by atoms with Crippen molar-refractivity contribution < 1.29 is 10.2 Å². The second kappa shape index (κ2) is 6.24.